The van der Waals surface area contributed by atoms with Crippen LogP contribution in [0.5, 0.6) is 0 Å². The fourth-order valence-electron chi connectivity index (χ4n) is 2.20. The van der Waals surface area contributed by atoms with Crippen LogP contribution in [0.4, 0.5) is 4.79 Å². The molecule has 1 aromatic rings. The Hall–Kier alpha value is -1.55. The first-order valence-electron chi connectivity index (χ1n) is 7.33. The molecular weight excluding hydrogens is 264 g/mol. The van der Waals surface area contributed by atoms with Crippen LogP contribution in [0.1, 0.15) is 58.7 Å². The second-order valence-corrected chi connectivity index (χ2v) is 7.27. The Morgan fingerprint density at radius 3 is 2.24 bits per heavy atom. The molecule has 0 saturated carbocycles. The van der Waals surface area contributed by atoms with Gasteiger partial charge in [0.05, 0.1) is 6.04 Å². The number of carbonyl (C=O) groups excluding carboxylic acids is 1. The fourth-order valence-corrected chi connectivity index (χ4v) is 2.20. The average Bonchev–Trinajstić information content (AvgIpc) is 2.32. The van der Waals surface area contributed by atoms with Crippen molar-refractivity contribution in [2.24, 2.45) is 5.73 Å². The van der Waals surface area contributed by atoms with Crippen LogP contribution in [0.25, 0.3) is 0 Å². The summed E-state index contributed by atoms with van der Waals surface area (Å²) in [5.74, 6) is 0. The molecule has 1 aromatic carbocycles. The summed E-state index contributed by atoms with van der Waals surface area (Å²) in [6, 6.07) is 7.80. The van der Waals surface area contributed by atoms with E-state index in [0.717, 1.165) is 5.56 Å². The van der Waals surface area contributed by atoms with E-state index in [4.69, 9.17) is 10.5 Å². The third-order valence-corrected chi connectivity index (χ3v) is 3.07. The summed E-state index contributed by atoms with van der Waals surface area (Å²) in [4.78, 5) is 12.0. The monoisotopic (exact) mass is 292 g/mol. The van der Waals surface area contributed by atoms with Crippen LogP contribution in [-0.2, 0) is 10.2 Å². The molecule has 0 bridgehead atoms. The lowest BCUT2D eigenvalue weighted by Crippen LogP contribution is -2.38. The minimum atomic E-state index is -0.521. The lowest BCUT2D eigenvalue weighted by Gasteiger charge is -2.28. The Kier molecular flexibility index (Phi) is 5.40. The first-order valence-corrected chi connectivity index (χ1v) is 7.33. The zero-order valence-corrected chi connectivity index (χ0v) is 14.0. The van der Waals surface area contributed by atoms with Crippen LogP contribution in [0.3, 0.4) is 0 Å². The second-order valence-electron chi connectivity index (χ2n) is 7.27. The quantitative estimate of drug-likeness (QED) is 0.896. The van der Waals surface area contributed by atoms with E-state index in [1.54, 1.807) is 0 Å². The van der Waals surface area contributed by atoms with Gasteiger partial charge >= 0.3 is 6.09 Å². The third-order valence-electron chi connectivity index (χ3n) is 3.07. The van der Waals surface area contributed by atoms with Gasteiger partial charge in [0.1, 0.15) is 5.60 Å². The Bertz CT molecular complexity index is 484. The van der Waals surface area contributed by atoms with Gasteiger partial charge < -0.3 is 15.8 Å². The molecule has 1 amide bonds. The normalized spacial score (nSPS) is 13.7. The highest BCUT2D eigenvalue weighted by molar-refractivity contribution is 5.68. The predicted octanol–water partition coefficient (Wildman–Crippen LogP) is 3.51. The first-order chi connectivity index (χ1) is 9.54. The summed E-state index contributed by atoms with van der Waals surface area (Å²) in [7, 11) is 0. The maximum absolute atomic E-state index is 12.0. The van der Waals surface area contributed by atoms with E-state index in [1.165, 1.54) is 5.56 Å². The molecule has 0 aromatic heterocycles. The van der Waals surface area contributed by atoms with Gasteiger partial charge in [0.15, 0.2) is 0 Å². The molecule has 21 heavy (non-hydrogen) atoms. The van der Waals surface area contributed by atoms with Crippen molar-refractivity contribution >= 4 is 6.09 Å². The molecule has 0 aliphatic rings. The van der Waals surface area contributed by atoms with Crippen LogP contribution in [0.15, 0.2) is 24.3 Å². The van der Waals surface area contributed by atoms with Gasteiger partial charge in [-0.25, -0.2) is 4.79 Å². The van der Waals surface area contributed by atoms with Gasteiger partial charge in [-0.05, 0) is 37.3 Å². The van der Waals surface area contributed by atoms with Crippen LogP contribution >= 0.6 is 0 Å². The van der Waals surface area contributed by atoms with Gasteiger partial charge in [0.25, 0.3) is 0 Å². The number of rotatable bonds is 3. The standard InChI is InChI=1S/C17H28N2O2/c1-16(2,3)13-10-8-7-9-12(13)14(11-18)19-15(20)21-17(4,5)6/h7-10,14H,11,18H2,1-6H3,(H,19,20). The average molecular weight is 292 g/mol. The molecule has 0 aliphatic carbocycles. The van der Waals surface area contributed by atoms with Crippen molar-refractivity contribution in [3.05, 3.63) is 35.4 Å². The van der Waals surface area contributed by atoms with Crippen molar-refractivity contribution in [1.29, 1.82) is 0 Å². The summed E-state index contributed by atoms with van der Waals surface area (Å²) in [5.41, 5.74) is 7.54. The van der Waals surface area contributed by atoms with Crippen LogP contribution in [-0.4, -0.2) is 18.2 Å². The molecule has 0 fully saturated rings. The molecule has 0 spiro atoms. The van der Waals surface area contributed by atoms with E-state index in [-0.39, 0.29) is 11.5 Å². The zero-order valence-electron chi connectivity index (χ0n) is 14.0. The van der Waals surface area contributed by atoms with Gasteiger partial charge in [-0.3, -0.25) is 0 Å². The minimum Gasteiger partial charge on any atom is -0.444 e. The van der Waals surface area contributed by atoms with Gasteiger partial charge in [0, 0.05) is 6.54 Å². The summed E-state index contributed by atoms with van der Waals surface area (Å²) < 4.78 is 5.31. The topological polar surface area (TPSA) is 64.3 Å². The van der Waals surface area contributed by atoms with Gasteiger partial charge in [0.2, 0.25) is 0 Å². The van der Waals surface area contributed by atoms with Gasteiger partial charge in [-0.2, -0.15) is 0 Å². The van der Waals surface area contributed by atoms with Gasteiger partial charge in [-0.15, -0.1) is 0 Å². The van der Waals surface area contributed by atoms with E-state index in [9.17, 15) is 4.79 Å². The Balaban J connectivity index is 2.99. The molecule has 0 aliphatic heterocycles. The first kappa shape index (κ1) is 17.5. The van der Waals surface area contributed by atoms with Crippen LogP contribution < -0.4 is 11.1 Å². The summed E-state index contributed by atoms with van der Waals surface area (Å²) in [5, 5.41) is 2.87. The number of carbonyl (C=O) groups is 1. The maximum Gasteiger partial charge on any atom is 0.408 e. The van der Waals surface area contributed by atoms with E-state index >= 15 is 0 Å². The van der Waals surface area contributed by atoms with Crippen molar-refractivity contribution in [3.8, 4) is 0 Å². The lowest BCUT2D eigenvalue weighted by atomic mass is 9.82. The Morgan fingerprint density at radius 2 is 1.76 bits per heavy atom. The summed E-state index contributed by atoms with van der Waals surface area (Å²) in [6.45, 7) is 12.3. The lowest BCUT2D eigenvalue weighted by molar-refractivity contribution is 0.0505. The molecule has 0 radical (unpaired) electrons. The number of nitrogens with one attached hydrogen (secondary N) is 1. The van der Waals surface area contributed by atoms with Crippen molar-refractivity contribution in [1.82, 2.24) is 5.32 Å². The molecule has 4 heteroatoms. The zero-order chi connectivity index (χ0) is 16.3. The fraction of sp³-hybridized carbons (Fsp3) is 0.588. The molecule has 3 N–H and O–H groups in total. The minimum absolute atomic E-state index is 0.0143. The third kappa shape index (κ3) is 5.38. The number of ether oxygens (including phenoxy) is 1. The van der Waals surface area contributed by atoms with Crippen LogP contribution in [0, 0.1) is 0 Å². The SMILES string of the molecule is CC(C)(C)OC(=O)NC(CN)c1ccccc1C(C)(C)C. The number of benzene rings is 1. The molecule has 0 heterocycles. The predicted molar refractivity (Wildman–Crippen MR) is 86.3 cm³/mol. The van der Waals surface area contributed by atoms with Crippen molar-refractivity contribution in [2.45, 2.75) is 58.6 Å². The molecule has 4 nitrogen and oxygen atoms in total. The summed E-state index contributed by atoms with van der Waals surface area (Å²) in [6.07, 6.45) is -0.443. The van der Waals surface area contributed by atoms with E-state index in [1.807, 2.05) is 39.0 Å². The number of alkyl carbamates (subject to hydrolysis) is 1. The number of nitrogens with two attached hydrogens (primary N) is 1. The second kappa shape index (κ2) is 6.48. The molecule has 1 atom stereocenters. The van der Waals surface area contributed by atoms with Crippen molar-refractivity contribution in [3.63, 3.8) is 0 Å². The van der Waals surface area contributed by atoms with Gasteiger partial charge in [-0.1, -0.05) is 45.0 Å². The molecular formula is C17H28N2O2. The Labute approximate surface area is 128 Å². The highest BCUT2D eigenvalue weighted by Crippen LogP contribution is 2.29. The largest absolute Gasteiger partial charge is 0.444 e. The maximum atomic E-state index is 12.0. The van der Waals surface area contributed by atoms with Crippen molar-refractivity contribution in [2.75, 3.05) is 6.54 Å². The molecule has 1 rings (SSSR count). The van der Waals surface area contributed by atoms with E-state index in [0.29, 0.717) is 6.54 Å². The highest BCUT2D eigenvalue weighted by atomic mass is 16.6. The van der Waals surface area contributed by atoms with Crippen LogP contribution in [0.2, 0.25) is 0 Å². The molecule has 118 valence electrons. The van der Waals surface area contributed by atoms with E-state index in [2.05, 4.69) is 32.2 Å². The smallest absolute Gasteiger partial charge is 0.408 e. The van der Waals surface area contributed by atoms with Crippen molar-refractivity contribution < 1.29 is 9.53 Å². The summed E-state index contributed by atoms with van der Waals surface area (Å²) >= 11 is 0. The molecule has 0 saturated heterocycles. The number of hydrogen-bond acceptors (Lipinski definition) is 3. The number of hydrogen-bond donors (Lipinski definition) is 2. The number of amides is 1. The highest BCUT2D eigenvalue weighted by Gasteiger charge is 2.24. The van der Waals surface area contributed by atoms with E-state index < -0.39 is 11.7 Å². The Morgan fingerprint density at radius 1 is 1.19 bits per heavy atom. The molecule has 1 unspecified atom stereocenters.